The van der Waals surface area contributed by atoms with E-state index in [1.165, 1.54) is 6.26 Å². The van der Waals surface area contributed by atoms with Crippen molar-refractivity contribution in [3.05, 3.63) is 47.9 Å². The monoisotopic (exact) mass is 442 g/mol. The molecule has 1 saturated heterocycles. The minimum Gasteiger partial charge on any atom is -0.490 e. The molecule has 1 fully saturated rings. The zero-order chi connectivity index (χ0) is 22.8. The molecule has 174 valence electrons. The van der Waals surface area contributed by atoms with Gasteiger partial charge in [0.25, 0.3) is 5.91 Å². The number of hydrogen-bond acceptors (Lipinski definition) is 5. The van der Waals surface area contributed by atoms with E-state index < -0.39 is 0 Å². The summed E-state index contributed by atoms with van der Waals surface area (Å²) in [7, 11) is 0. The molecule has 0 aliphatic carbocycles. The van der Waals surface area contributed by atoms with Crippen LogP contribution in [0.15, 0.2) is 46.0 Å². The van der Waals surface area contributed by atoms with Gasteiger partial charge < -0.3 is 29.0 Å². The molecule has 1 N–H and O–H groups in total. The molecule has 8 nitrogen and oxygen atoms in total. The third kappa shape index (κ3) is 6.18. The molecule has 1 aliphatic rings. The van der Waals surface area contributed by atoms with E-state index in [0.29, 0.717) is 38.6 Å². The second-order valence-electron chi connectivity index (χ2n) is 7.39. The molecule has 0 spiro atoms. The van der Waals surface area contributed by atoms with Gasteiger partial charge in [0.15, 0.2) is 23.2 Å². The summed E-state index contributed by atoms with van der Waals surface area (Å²) < 4.78 is 16.6. The fourth-order valence-corrected chi connectivity index (χ4v) is 3.65. The second-order valence-corrected chi connectivity index (χ2v) is 7.39. The van der Waals surface area contributed by atoms with Gasteiger partial charge in [-0.25, -0.2) is 0 Å². The summed E-state index contributed by atoms with van der Waals surface area (Å²) in [4.78, 5) is 21.3. The van der Waals surface area contributed by atoms with Gasteiger partial charge in [-0.2, -0.15) is 0 Å². The van der Waals surface area contributed by atoms with Crippen LogP contribution < -0.4 is 14.8 Å². The molecular weight excluding hydrogens is 408 g/mol. The van der Waals surface area contributed by atoms with Gasteiger partial charge in [-0.05, 0) is 57.0 Å². The van der Waals surface area contributed by atoms with Gasteiger partial charge in [-0.1, -0.05) is 6.07 Å². The number of ether oxygens (including phenoxy) is 2. The summed E-state index contributed by atoms with van der Waals surface area (Å²) >= 11 is 0. The van der Waals surface area contributed by atoms with Gasteiger partial charge in [0.2, 0.25) is 0 Å². The van der Waals surface area contributed by atoms with Crippen molar-refractivity contribution in [2.75, 3.05) is 52.5 Å². The molecule has 32 heavy (non-hydrogen) atoms. The number of hydrogen-bond donors (Lipinski definition) is 1. The van der Waals surface area contributed by atoms with E-state index in [9.17, 15) is 4.79 Å². The van der Waals surface area contributed by atoms with Crippen LogP contribution >= 0.6 is 0 Å². The van der Waals surface area contributed by atoms with Crippen LogP contribution in [0.1, 0.15) is 36.9 Å². The van der Waals surface area contributed by atoms with Crippen LogP contribution in [0.2, 0.25) is 0 Å². The number of nitrogens with zero attached hydrogens (tertiary/aromatic N) is 3. The Balaban J connectivity index is 1.57. The van der Waals surface area contributed by atoms with E-state index in [4.69, 9.17) is 18.9 Å². The topological polar surface area (TPSA) is 79.5 Å². The van der Waals surface area contributed by atoms with Crippen molar-refractivity contribution in [1.29, 1.82) is 0 Å². The lowest BCUT2D eigenvalue weighted by molar-refractivity contribution is 0.0657. The number of carbonyl (C=O) groups excluding carboxylic acids is 1. The highest BCUT2D eigenvalue weighted by Gasteiger charge is 2.25. The minimum atomic E-state index is -0.0582. The number of piperazine rings is 1. The second kappa shape index (κ2) is 12.0. The lowest BCUT2D eigenvalue weighted by Gasteiger charge is -2.36. The molecular formula is C24H34N4O4. The largest absolute Gasteiger partial charge is 0.490 e. The Labute approximate surface area is 190 Å². The predicted octanol–water partition coefficient (Wildman–Crippen LogP) is 3.04. The summed E-state index contributed by atoms with van der Waals surface area (Å²) in [6.45, 7) is 11.4. The van der Waals surface area contributed by atoms with Crippen molar-refractivity contribution in [3.8, 4) is 11.5 Å². The van der Waals surface area contributed by atoms with E-state index in [-0.39, 0.29) is 5.91 Å². The number of guanidine groups is 1. The Kier molecular flexibility index (Phi) is 8.83. The number of nitrogens with one attached hydrogen (secondary N) is 1. The smallest absolute Gasteiger partial charge is 0.289 e. The molecule has 1 aromatic carbocycles. The summed E-state index contributed by atoms with van der Waals surface area (Å²) in [6.07, 6.45) is 2.33. The van der Waals surface area contributed by atoms with E-state index >= 15 is 0 Å². The van der Waals surface area contributed by atoms with Crippen LogP contribution in [0.3, 0.4) is 0 Å². The Bertz CT molecular complexity index is 874. The molecule has 2 aromatic rings. The molecule has 3 rings (SSSR count). The van der Waals surface area contributed by atoms with Gasteiger partial charge in [-0.3, -0.25) is 9.79 Å². The first-order valence-electron chi connectivity index (χ1n) is 11.4. The molecule has 8 heteroatoms. The molecule has 1 amide bonds. The third-order valence-electron chi connectivity index (χ3n) is 5.20. The number of amides is 1. The highest BCUT2D eigenvalue weighted by atomic mass is 16.5. The number of furan rings is 1. The van der Waals surface area contributed by atoms with Crippen LogP contribution in [0.4, 0.5) is 0 Å². The Morgan fingerprint density at radius 2 is 1.75 bits per heavy atom. The average Bonchev–Trinajstić information content (AvgIpc) is 3.35. The number of carbonyl (C=O) groups is 1. The molecule has 1 aromatic heterocycles. The van der Waals surface area contributed by atoms with Gasteiger partial charge in [0.1, 0.15) is 0 Å². The molecule has 0 atom stereocenters. The normalized spacial score (nSPS) is 14.4. The highest BCUT2D eigenvalue weighted by Crippen LogP contribution is 2.28. The molecule has 2 heterocycles. The molecule has 0 saturated carbocycles. The van der Waals surface area contributed by atoms with Crippen LogP contribution in [0.25, 0.3) is 0 Å². The lowest BCUT2D eigenvalue weighted by atomic mass is 10.1. The van der Waals surface area contributed by atoms with Crippen LogP contribution in [0, 0.1) is 0 Å². The summed E-state index contributed by atoms with van der Waals surface area (Å²) in [6, 6.07) is 9.51. The van der Waals surface area contributed by atoms with Crippen molar-refractivity contribution in [2.24, 2.45) is 4.99 Å². The van der Waals surface area contributed by atoms with Gasteiger partial charge in [-0.15, -0.1) is 0 Å². The summed E-state index contributed by atoms with van der Waals surface area (Å²) in [5, 5.41) is 3.38. The zero-order valence-corrected chi connectivity index (χ0v) is 19.3. The molecule has 1 aliphatic heterocycles. The van der Waals surface area contributed by atoms with E-state index in [1.807, 2.05) is 30.9 Å². The van der Waals surface area contributed by atoms with Gasteiger partial charge >= 0.3 is 0 Å². The van der Waals surface area contributed by atoms with Crippen molar-refractivity contribution < 1.29 is 18.7 Å². The maximum absolute atomic E-state index is 12.5. The van der Waals surface area contributed by atoms with E-state index in [0.717, 1.165) is 49.1 Å². The van der Waals surface area contributed by atoms with Crippen molar-refractivity contribution in [3.63, 3.8) is 0 Å². The Hall–Kier alpha value is -3.16. The van der Waals surface area contributed by atoms with Crippen LogP contribution in [-0.2, 0) is 6.42 Å². The number of aliphatic imine (C=N–C) groups is 1. The van der Waals surface area contributed by atoms with E-state index in [2.05, 4.69) is 23.2 Å². The van der Waals surface area contributed by atoms with Crippen LogP contribution in [-0.4, -0.2) is 74.1 Å². The summed E-state index contributed by atoms with van der Waals surface area (Å²) in [5.41, 5.74) is 1.16. The maximum Gasteiger partial charge on any atom is 0.289 e. The maximum atomic E-state index is 12.5. The first kappa shape index (κ1) is 23.5. The number of benzene rings is 1. The Morgan fingerprint density at radius 1 is 1.03 bits per heavy atom. The lowest BCUT2D eigenvalue weighted by Crippen LogP contribution is -2.53. The molecule has 0 bridgehead atoms. The first-order valence-corrected chi connectivity index (χ1v) is 11.4. The average molecular weight is 443 g/mol. The van der Waals surface area contributed by atoms with Crippen molar-refractivity contribution in [1.82, 2.24) is 15.1 Å². The third-order valence-corrected chi connectivity index (χ3v) is 5.20. The predicted molar refractivity (Wildman–Crippen MR) is 125 cm³/mol. The fourth-order valence-electron chi connectivity index (χ4n) is 3.65. The van der Waals surface area contributed by atoms with Crippen molar-refractivity contribution in [2.45, 2.75) is 27.2 Å². The standard InChI is InChI=1S/C24H34N4O4/c1-4-25-24(28-15-13-27(14-16-28)23(29)21-8-7-17-32-21)26-12-11-19-9-10-20(30-5-2)22(18-19)31-6-3/h7-10,17-18H,4-6,11-16H2,1-3H3,(H,25,26). The number of rotatable bonds is 9. The highest BCUT2D eigenvalue weighted by molar-refractivity contribution is 5.91. The zero-order valence-electron chi connectivity index (χ0n) is 19.3. The van der Waals surface area contributed by atoms with E-state index in [1.54, 1.807) is 12.1 Å². The van der Waals surface area contributed by atoms with Crippen molar-refractivity contribution >= 4 is 11.9 Å². The SMILES string of the molecule is CCNC(=NCCc1ccc(OCC)c(OCC)c1)N1CCN(C(=O)c2ccco2)CC1. The van der Waals surface area contributed by atoms with Crippen LogP contribution in [0.5, 0.6) is 11.5 Å². The fraction of sp³-hybridized carbons (Fsp3) is 0.500. The van der Waals surface area contributed by atoms with Gasteiger partial charge in [0, 0.05) is 39.3 Å². The summed E-state index contributed by atoms with van der Waals surface area (Å²) in [5.74, 6) is 2.77. The van der Waals surface area contributed by atoms with Gasteiger partial charge in [0.05, 0.1) is 19.5 Å². The quantitative estimate of drug-likeness (QED) is 0.475. The molecule has 0 radical (unpaired) electrons. The molecule has 0 unspecified atom stereocenters. The minimum absolute atomic E-state index is 0.0582. The first-order chi connectivity index (χ1) is 15.7. The Morgan fingerprint density at radius 3 is 2.41 bits per heavy atom.